The van der Waals surface area contributed by atoms with E-state index in [4.69, 9.17) is 0 Å². The first-order valence-electron chi connectivity index (χ1n) is 11.8. The topological polar surface area (TPSA) is 53.9 Å². The molecule has 0 aliphatic rings. The molecule has 4 rings (SSSR count). The number of nitrogens with one attached hydrogen (secondary N) is 1. The quantitative estimate of drug-likeness (QED) is 0.249. The fourth-order valence-corrected chi connectivity index (χ4v) is 4.17. The van der Waals surface area contributed by atoms with Crippen LogP contribution in [-0.2, 0) is 18.9 Å². The molecule has 0 radical (unpaired) electrons. The zero-order valence-corrected chi connectivity index (χ0v) is 20.8. The van der Waals surface area contributed by atoms with E-state index >= 15 is 0 Å². The van der Waals surface area contributed by atoms with Crippen LogP contribution < -0.4 is 5.32 Å². The highest BCUT2D eigenvalue weighted by Crippen LogP contribution is 2.36. The highest BCUT2D eigenvalue weighted by Gasteiger charge is 2.34. The third kappa shape index (κ3) is 6.39. The van der Waals surface area contributed by atoms with Crippen molar-refractivity contribution in [3.05, 3.63) is 77.6 Å². The molecule has 0 fully saturated rings. The summed E-state index contributed by atoms with van der Waals surface area (Å²) in [7, 11) is 1.92. The zero-order chi connectivity index (χ0) is 27.7. The summed E-state index contributed by atoms with van der Waals surface area (Å²) in [6.45, 7) is 5.35. The van der Waals surface area contributed by atoms with Gasteiger partial charge in [0.25, 0.3) is 0 Å². The van der Waals surface area contributed by atoms with Gasteiger partial charge in [-0.2, -0.15) is 26.3 Å². The summed E-state index contributed by atoms with van der Waals surface area (Å²) in [5.74, 6) is 0.389. The number of alkyl halides is 6. The van der Waals surface area contributed by atoms with Crippen LogP contribution in [0, 0.1) is 5.92 Å². The van der Waals surface area contributed by atoms with Crippen LogP contribution >= 0.6 is 0 Å². The molecule has 3 heterocycles. The molecule has 0 unspecified atom stereocenters. The second kappa shape index (κ2) is 10.6. The lowest BCUT2D eigenvalue weighted by molar-refractivity contribution is -0.138. The Morgan fingerprint density at radius 1 is 0.895 bits per heavy atom. The van der Waals surface area contributed by atoms with Crippen molar-refractivity contribution in [3.8, 4) is 11.4 Å². The maximum atomic E-state index is 13.6. The fraction of sp³-hybridized carbons (Fsp3) is 0.296. The van der Waals surface area contributed by atoms with E-state index < -0.39 is 23.5 Å². The number of hydrogen-bond acceptors (Lipinski definition) is 5. The number of anilines is 2. The minimum atomic E-state index is -4.62. The first kappa shape index (κ1) is 27.3. The number of benzene rings is 1. The van der Waals surface area contributed by atoms with Crippen LogP contribution in [0.4, 0.5) is 37.7 Å². The normalized spacial score (nSPS) is 12.5. The molecular formula is C27H25F6N5. The number of halogens is 6. The Kier molecular flexibility index (Phi) is 7.59. The van der Waals surface area contributed by atoms with Gasteiger partial charge in [-0.1, -0.05) is 13.8 Å². The van der Waals surface area contributed by atoms with Crippen LogP contribution in [0.25, 0.3) is 22.4 Å². The lowest BCUT2D eigenvalue weighted by Gasteiger charge is -2.20. The van der Waals surface area contributed by atoms with Crippen molar-refractivity contribution < 1.29 is 26.3 Å². The SMILES string of the molecule is CC(C)CN(C)Cc1cc(Nc2ccc(C(F)(F)F)cc2)c2ccc(-c3ncccc3C(F)(F)F)nc2n1. The Hall–Kier alpha value is -3.73. The van der Waals surface area contributed by atoms with E-state index in [-0.39, 0.29) is 17.0 Å². The van der Waals surface area contributed by atoms with Gasteiger partial charge < -0.3 is 10.2 Å². The van der Waals surface area contributed by atoms with Crippen LogP contribution in [0.5, 0.6) is 0 Å². The molecular weight excluding hydrogens is 508 g/mol. The Morgan fingerprint density at radius 2 is 1.61 bits per heavy atom. The molecule has 3 aromatic heterocycles. The Bertz CT molecular complexity index is 1410. The average molecular weight is 534 g/mol. The van der Waals surface area contributed by atoms with Gasteiger partial charge in [-0.25, -0.2) is 9.97 Å². The van der Waals surface area contributed by atoms with Crippen molar-refractivity contribution in [2.45, 2.75) is 32.7 Å². The van der Waals surface area contributed by atoms with Gasteiger partial charge in [0.2, 0.25) is 0 Å². The largest absolute Gasteiger partial charge is 0.418 e. The van der Waals surface area contributed by atoms with Crippen LogP contribution in [0.2, 0.25) is 0 Å². The van der Waals surface area contributed by atoms with Crippen molar-refractivity contribution >= 4 is 22.4 Å². The molecule has 0 aliphatic carbocycles. The molecule has 1 N–H and O–H groups in total. The van der Waals surface area contributed by atoms with E-state index in [1.165, 1.54) is 30.5 Å². The van der Waals surface area contributed by atoms with E-state index in [0.29, 0.717) is 34.9 Å². The van der Waals surface area contributed by atoms with Gasteiger partial charge >= 0.3 is 12.4 Å². The van der Waals surface area contributed by atoms with Crippen molar-refractivity contribution in [3.63, 3.8) is 0 Å². The van der Waals surface area contributed by atoms with Gasteiger partial charge in [0, 0.05) is 30.4 Å². The first-order chi connectivity index (χ1) is 17.8. The fourth-order valence-electron chi connectivity index (χ4n) is 4.17. The maximum absolute atomic E-state index is 13.6. The van der Waals surface area contributed by atoms with Crippen LogP contribution in [-0.4, -0.2) is 33.4 Å². The summed E-state index contributed by atoms with van der Waals surface area (Å²) >= 11 is 0. The number of fused-ring (bicyclic) bond motifs is 1. The van der Waals surface area contributed by atoms with Crippen LogP contribution in [0.15, 0.2) is 60.8 Å². The van der Waals surface area contributed by atoms with Gasteiger partial charge in [-0.05, 0) is 67.6 Å². The summed E-state index contributed by atoms with van der Waals surface area (Å²) < 4.78 is 79.7. The third-order valence-corrected chi connectivity index (χ3v) is 5.68. The van der Waals surface area contributed by atoms with E-state index in [2.05, 4.69) is 34.1 Å². The van der Waals surface area contributed by atoms with Gasteiger partial charge in [-0.15, -0.1) is 0 Å². The molecule has 0 saturated carbocycles. The minimum Gasteiger partial charge on any atom is -0.355 e. The number of rotatable bonds is 7. The van der Waals surface area contributed by atoms with Crippen LogP contribution in [0.1, 0.15) is 30.7 Å². The zero-order valence-electron chi connectivity index (χ0n) is 20.8. The van der Waals surface area contributed by atoms with E-state index in [9.17, 15) is 26.3 Å². The highest BCUT2D eigenvalue weighted by atomic mass is 19.4. The number of hydrogen-bond donors (Lipinski definition) is 1. The molecule has 5 nitrogen and oxygen atoms in total. The van der Waals surface area contributed by atoms with Crippen molar-refractivity contribution in [2.24, 2.45) is 5.92 Å². The molecule has 0 amide bonds. The van der Waals surface area contributed by atoms with Crippen LogP contribution in [0.3, 0.4) is 0 Å². The second-order valence-electron chi connectivity index (χ2n) is 9.42. The number of nitrogens with zero attached hydrogens (tertiary/aromatic N) is 4. The third-order valence-electron chi connectivity index (χ3n) is 5.68. The first-order valence-corrected chi connectivity index (χ1v) is 11.8. The molecule has 11 heteroatoms. The van der Waals surface area contributed by atoms with E-state index in [1.54, 1.807) is 12.1 Å². The standard InChI is InChI=1S/C27H25F6N5/c1-16(2)14-38(3)15-19-13-23(35-18-8-6-17(7-9-18)26(28,29)30)20-10-11-22(37-25(20)36-19)24-21(27(31,32)33)5-4-12-34-24/h4-13,16H,14-15H2,1-3H3,(H,35,36,37). The number of aromatic nitrogens is 3. The molecule has 0 saturated heterocycles. The van der Waals surface area contributed by atoms with Crippen molar-refractivity contribution in [1.82, 2.24) is 19.9 Å². The van der Waals surface area contributed by atoms with Gasteiger partial charge in [-0.3, -0.25) is 4.98 Å². The predicted molar refractivity (Wildman–Crippen MR) is 134 cm³/mol. The van der Waals surface area contributed by atoms with Gasteiger partial charge in [0.15, 0.2) is 5.65 Å². The van der Waals surface area contributed by atoms with E-state index in [0.717, 1.165) is 24.7 Å². The summed E-state index contributed by atoms with van der Waals surface area (Å²) in [5.41, 5.74) is -0.306. The smallest absolute Gasteiger partial charge is 0.355 e. The summed E-state index contributed by atoms with van der Waals surface area (Å²) in [6.07, 6.45) is -7.82. The number of pyridine rings is 3. The van der Waals surface area contributed by atoms with Gasteiger partial charge in [0.05, 0.1) is 28.2 Å². The second-order valence-corrected chi connectivity index (χ2v) is 9.42. The van der Waals surface area contributed by atoms with Crippen molar-refractivity contribution in [2.75, 3.05) is 18.9 Å². The average Bonchev–Trinajstić information content (AvgIpc) is 2.82. The van der Waals surface area contributed by atoms with Gasteiger partial charge in [0.1, 0.15) is 5.69 Å². The maximum Gasteiger partial charge on any atom is 0.418 e. The molecule has 0 spiro atoms. The summed E-state index contributed by atoms with van der Waals surface area (Å²) in [4.78, 5) is 15.0. The molecule has 0 bridgehead atoms. The molecule has 200 valence electrons. The lowest BCUT2D eigenvalue weighted by Crippen LogP contribution is -2.23. The summed E-state index contributed by atoms with van der Waals surface area (Å²) in [6, 6.07) is 11.5. The Balaban J connectivity index is 1.79. The summed E-state index contributed by atoms with van der Waals surface area (Å²) in [5, 5.41) is 3.61. The molecule has 38 heavy (non-hydrogen) atoms. The molecule has 1 aromatic carbocycles. The van der Waals surface area contributed by atoms with Crippen molar-refractivity contribution in [1.29, 1.82) is 0 Å². The Morgan fingerprint density at radius 3 is 2.24 bits per heavy atom. The Labute approximate surface area is 215 Å². The van der Waals surface area contributed by atoms with E-state index in [1.807, 2.05) is 11.9 Å². The lowest BCUT2D eigenvalue weighted by atomic mass is 10.1. The highest BCUT2D eigenvalue weighted by molar-refractivity contribution is 5.92. The molecule has 0 atom stereocenters. The predicted octanol–water partition coefficient (Wildman–Crippen LogP) is 7.56. The molecule has 4 aromatic rings. The monoisotopic (exact) mass is 533 g/mol. The minimum absolute atomic E-state index is 0.00564. The molecule has 0 aliphatic heterocycles.